The van der Waals surface area contributed by atoms with E-state index in [2.05, 4.69) is 32.2 Å². The van der Waals surface area contributed by atoms with Crippen LogP contribution in [0.25, 0.3) is 11.2 Å². The average Bonchev–Trinajstić information content (AvgIpc) is 2.99. The fraction of sp³-hybridized carbons (Fsp3) is 0.231. The Hall–Kier alpha value is -2.08. The van der Waals surface area contributed by atoms with Crippen LogP contribution in [0.2, 0.25) is 0 Å². The molecule has 1 N–H and O–H groups in total. The number of pyridine rings is 1. The van der Waals surface area contributed by atoms with Crippen molar-refractivity contribution in [3.8, 4) is 0 Å². The molecule has 3 aromatic rings. The normalized spacial score (nSPS) is 12.5. The first-order valence-corrected chi connectivity index (χ1v) is 6.92. The molecule has 0 radical (unpaired) electrons. The smallest absolute Gasteiger partial charge is 0.180 e. The Balaban J connectivity index is 1.71. The highest BCUT2D eigenvalue weighted by Crippen LogP contribution is 2.18. The van der Waals surface area contributed by atoms with Gasteiger partial charge in [-0.2, -0.15) is 0 Å². The maximum atomic E-state index is 4.43. The Labute approximate surface area is 114 Å². The number of rotatable bonds is 4. The molecule has 5 nitrogen and oxygen atoms in total. The Morgan fingerprint density at radius 3 is 2.89 bits per heavy atom. The van der Waals surface area contributed by atoms with E-state index in [0.717, 1.165) is 22.9 Å². The summed E-state index contributed by atoms with van der Waals surface area (Å²) >= 11 is 1.67. The minimum atomic E-state index is 0.361. The van der Waals surface area contributed by atoms with Gasteiger partial charge in [0.05, 0.1) is 5.01 Å². The largest absolute Gasteiger partial charge is 0.369 e. The van der Waals surface area contributed by atoms with E-state index in [1.165, 1.54) is 0 Å². The van der Waals surface area contributed by atoms with Crippen LogP contribution in [-0.4, -0.2) is 26.5 Å². The highest BCUT2D eigenvalue weighted by molar-refractivity contribution is 7.09. The van der Waals surface area contributed by atoms with E-state index in [1.807, 2.05) is 23.7 Å². The van der Waals surface area contributed by atoms with Gasteiger partial charge in [0.25, 0.3) is 0 Å². The van der Waals surface area contributed by atoms with Crippen molar-refractivity contribution in [3.05, 3.63) is 41.1 Å². The summed E-state index contributed by atoms with van der Waals surface area (Å²) in [6, 6.07) is 3.84. The van der Waals surface area contributed by atoms with Crippen molar-refractivity contribution in [1.29, 1.82) is 0 Å². The van der Waals surface area contributed by atoms with Crippen LogP contribution in [0.15, 0.2) is 36.1 Å². The molecule has 0 fully saturated rings. The van der Waals surface area contributed by atoms with Gasteiger partial charge in [0.1, 0.15) is 11.3 Å². The Bertz CT molecular complexity index is 668. The van der Waals surface area contributed by atoms with Crippen molar-refractivity contribution >= 4 is 28.3 Å². The van der Waals surface area contributed by atoms with Gasteiger partial charge in [-0.15, -0.1) is 11.3 Å². The number of fused-ring (bicyclic) bond motifs is 1. The molecule has 0 amide bonds. The maximum Gasteiger partial charge on any atom is 0.180 e. The van der Waals surface area contributed by atoms with E-state index < -0.39 is 0 Å². The summed E-state index contributed by atoms with van der Waals surface area (Å²) < 4.78 is 0. The van der Waals surface area contributed by atoms with Gasteiger partial charge in [-0.05, 0) is 12.1 Å². The molecule has 6 heteroatoms. The van der Waals surface area contributed by atoms with Crippen molar-refractivity contribution in [2.24, 2.45) is 0 Å². The highest BCUT2D eigenvalue weighted by Gasteiger charge is 2.08. The standard InChI is InChI=1S/C13H13N5S/c1-9(13-16-6-7-19-13)8-17-11-3-2-10-12(18-11)15-5-4-14-10/h2-7,9H,8H2,1H3,(H,15,17,18). The van der Waals surface area contributed by atoms with Crippen LogP contribution in [-0.2, 0) is 0 Å². The molecule has 3 rings (SSSR count). The lowest BCUT2D eigenvalue weighted by atomic mass is 10.2. The maximum absolute atomic E-state index is 4.43. The Kier molecular flexibility index (Phi) is 3.33. The molecule has 1 atom stereocenters. The zero-order valence-electron chi connectivity index (χ0n) is 10.4. The number of hydrogen-bond acceptors (Lipinski definition) is 6. The Morgan fingerprint density at radius 2 is 2.05 bits per heavy atom. The van der Waals surface area contributed by atoms with Crippen molar-refractivity contribution in [2.75, 3.05) is 11.9 Å². The molecule has 0 aliphatic carbocycles. The lowest BCUT2D eigenvalue weighted by Gasteiger charge is -2.10. The first-order chi connectivity index (χ1) is 9.33. The van der Waals surface area contributed by atoms with Crippen LogP contribution in [0.4, 0.5) is 5.82 Å². The molecule has 0 bridgehead atoms. The van der Waals surface area contributed by atoms with E-state index in [1.54, 1.807) is 23.7 Å². The van der Waals surface area contributed by atoms with Gasteiger partial charge in [-0.25, -0.2) is 15.0 Å². The van der Waals surface area contributed by atoms with Gasteiger partial charge >= 0.3 is 0 Å². The predicted molar refractivity (Wildman–Crippen MR) is 76.4 cm³/mol. The van der Waals surface area contributed by atoms with Gasteiger partial charge in [0, 0.05) is 36.4 Å². The molecule has 19 heavy (non-hydrogen) atoms. The fourth-order valence-corrected chi connectivity index (χ4v) is 2.47. The number of anilines is 1. The molecular weight excluding hydrogens is 258 g/mol. The molecule has 0 spiro atoms. The highest BCUT2D eigenvalue weighted by atomic mass is 32.1. The molecule has 3 heterocycles. The zero-order valence-corrected chi connectivity index (χ0v) is 11.3. The van der Waals surface area contributed by atoms with Crippen molar-refractivity contribution in [2.45, 2.75) is 12.8 Å². The Morgan fingerprint density at radius 1 is 1.16 bits per heavy atom. The van der Waals surface area contributed by atoms with Crippen molar-refractivity contribution < 1.29 is 0 Å². The van der Waals surface area contributed by atoms with E-state index in [-0.39, 0.29) is 0 Å². The molecular formula is C13H13N5S. The first kappa shape index (κ1) is 12.0. The third-order valence-corrected chi connectivity index (χ3v) is 3.80. The van der Waals surface area contributed by atoms with Crippen LogP contribution >= 0.6 is 11.3 Å². The molecule has 0 aliphatic heterocycles. The molecule has 0 aromatic carbocycles. The second-order valence-electron chi connectivity index (χ2n) is 4.25. The SMILES string of the molecule is CC(CNc1ccc2nccnc2n1)c1nccs1. The summed E-state index contributed by atoms with van der Waals surface area (Å²) in [4.78, 5) is 17.1. The monoisotopic (exact) mass is 271 g/mol. The second-order valence-corrected chi connectivity index (χ2v) is 5.17. The summed E-state index contributed by atoms with van der Waals surface area (Å²) in [7, 11) is 0. The molecule has 3 aromatic heterocycles. The minimum Gasteiger partial charge on any atom is -0.369 e. The van der Waals surface area contributed by atoms with E-state index in [0.29, 0.717) is 11.6 Å². The van der Waals surface area contributed by atoms with Crippen molar-refractivity contribution in [1.82, 2.24) is 19.9 Å². The summed E-state index contributed by atoms with van der Waals surface area (Å²) in [5, 5.41) is 6.44. The van der Waals surface area contributed by atoms with E-state index >= 15 is 0 Å². The summed E-state index contributed by atoms with van der Waals surface area (Å²) in [6.45, 7) is 2.94. The minimum absolute atomic E-state index is 0.361. The zero-order chi connectivity index (χ0) is 13.1. The number of thiazole rings is 1. The summed E-state index contributed by atoms with van der Waals surface area (Å²) in [5.41, 5.74) is 1.47. The van der Waals surface area contributed by atoms with Gasteiger partial charge in [-0.1, -0.05) is 6.92 Å². The lowest BCUT2D eigenvalue weighted by Crippen LogP contribution is -2.10. The fourth-order valence-electron chi connectivity index (χ4n) is 1.78. The van der Waals surface area contributed by atoms with Gasteiger partial charge in [0.15, 0.2) is 5.65 Å². The van der Waals surface area contributed by atoms with Crippen LogP contribution in [0.1, 0.15) is 17.8 Å². The second kappa shape index (κ2) is 5.27. The van der Waals surface area contributed by atoms with Crippen LogP contribution in [0.5, 0.6) is 0 Å². The van der Waals surface area contributed by atoms with E-state index in [4.69, 9.17) is 0 Å². The van der Waals surface area contributed by atoms with E-state index in [9.17, 15) is 0 Å². The van der Waals surface area contributed by atoms with Crippen LogP contribution in [0.3, 0.4) is 0 Å². The number of nitrogens with one attached hydrogen (secondary N) is 1. The molecule has 0 saturated heterocycles. The quantitative estimate of drug-likeness (QED) is 0.790. The topological polar surface area (TPSA) is 63.6 Å². The first-order valence-electron chi connectivity index (χ1n) is 6.04. The summed E-state index contributed by atoms with van der Waals surface area (Å²) in [5.74, 6) is 1.18. The third-order valence-electron chi connectivity index (χ3n) is 2.79. The van der Waals surface area contributed by atoms with Crippen LogP contribution in [0, 0.1) is 0 Å². The molecule has 1 unspecified atom stereocenters. The third kappa shape index (κ3) is 2.68. The van der Waals surface area contributed by atoms with Gasteiger partial charge in [-0.3, -0.25) is 4.98 Å². The summed E-state index contributed by atoms with van der Waals surface area (Å²) in [6.07, 6.45) is 5.15. The lowest BCUT2D eigenvalue weighted by molar-refractivity contribution is 0.792. The molecule has 96 valence electrons. The van der Waals surface area contributed by atoms with Crippen molar-refractivity contribution in [3.63, 3.8) is 0 Å². The molecule has 0 aliphatic rings. The number of aromatic nitrogens is 4. The van der Waals surface area contributed by atoms with Crippen LogP contribution < -0.4 is 5.32 Å². The number of hydrogen-bond donors (Lipinski definition) is 1. The molecule has 0 saturated carbocycles. The number of nitrogens with zero attached hydrogens (tertiary/aromatic N) is 4. The predicted octanol–water partition coefficient (Wildman–Crippen LogP) is 2.70. The average molecular weight is 271 g/mol. The van der Waals surface area contributed by atoms with Gasteiger partial charge < -0.3 is 5.32 Å². The van der Waals surface area contributed by atoms with Gasteiger partial charge in [0.2, 0.25) is 0 Å².